The van der Waals surface area contributed by atoms with Crippen LogP contribution in [0.4, 0.5) is 17.1 Å². The lowest BCUT2D eigenvalue weighted by Gasteiger charge is -2.25. The molecule has 1 saturated heterocycles. The number of H-pyrrole nitrogens is 1. The maximum absolute atomic E-state index is 12.4. The van der Waals surface area contributed by atoms with Crippen LogP contribution in [0.25, 0.3) is 0 Å². The number of carbonyl (C=O) groups is 1. The minimum atomic E-state index is -0.437. The second-order valence-corrected chi connectivity index (χ2v) is 6.36. The molecule has 0 unspecified atom stereocenters. The predicted molar refractivity (Wildman–Crippen MR) is 90.4 cm³/mol. The van der Waals surface area contributed by atoms with Gasteiger partial charge < -0.3 is 15.2 Å². The van der Waals surface area contributed by atoms with Crippen molar-refractivity contribution in [3.8, 4) is 0 Å². The zero-order valence-electron chi connectivity index (χ0n) is 12.3. The van der Waals surface area contributed by atoms with Crippen LogP contribution in [-0.2, 0) is 0 Å². The number of hydrogen-bond donors (Lipinski definition) is 2. The molecule has 7 nitrogen and oxygen atoms in total. The minimum absolute atomic E-state index is 0.00190. The first-order valence-electron chi connectivity index (χ1n) is 7.20. The molecular weight excluding hydrogens is 316 g/mol. The molecule has 2 aromatic rings. The molecule has 0 aliphatic carbocycles. The average Bonchev–Trinajstić information content (AvgIpc) is 3.04. The summed E-state index contributed by atoms with van der Waals surface area (Å²) in [4.78, 5) is 27.4. The Morgan fingerprint density at radius 1 is 1.22 bits per heavy atom. The zero-order chi connectivity index (χ0) is 16.2. The summed E-state index contributed by atoms with van der Waals surface area (Å²) in [6.07, 6.45) is 1.72. The first-order valence-corrected chi connectivity index (χ1v) is 8.36. The van der Waals surface area contributed by atoms with Crippen molar-refractivity contribution in [1.29, 1.82) is 0 Å². The third-order valence-electron chi connectivity index (χ3n) is 3.58. The monoisotopic (exact) mass is 332 g/mol. The van der Waals surface area contributed by atoms with Crippen LogP contribution in [0.15, 0.2) is 36.5 Å². The van der Waals surface area contributed by atoms with Gasteiger partial charge in [-0.25, -0.2) is 0 Å². The highest BCUT2D eigenvalue weighted by molar-refractivity contribution is 7.99. The van der Waals surface area contributed by atoms with E-state index in [0.29, 0.717) is 5.69 Å². The van der Waals surface area contributed by atoms with Crippen molar-refractivity contribution in [2.45, 2.75) is 0 Å². The summed E-state index contributed by atoms with van der Waals surface area (Å²) in [5, 5.41) is 13.8. The Hall–Kier alpha value is -2.48. The molecule has 8 heteroatoms. The Balaban J connectivity index is 1.66. The van der Waals surface area contributed by atoms with E-state index in [-0.39, 0.29) is 11.6 Å². The van der Waals surface area contributed by atoms with Gasteiger partial charge in [-0.15, -0.1) is 0 Å². The molecule has 1 fully saturated rings. The van der Waals surface area contributed by atoms with Crippen LogP contribution in [0, 0.1) is 10.1 Å². The molecular formula is C15H16N4O3S. The van der Waals surface area contributed by atoms with E-state index in [2.05, 4.69) is 10.3 Å². The average molecular weight is 332 g/mol. The van der Waals surface area contributed by atoms with Gasteiger partial charge in [0.05, 0.1) is 10.6 Å². The molecule has 1 aromatic heterocycles. The summed E-state index contributed by atoms with van der Waals surface area (Å²) in [5.74, 6) is 1.95. The molecule has 2 heterocycles. The third-order valence-corrected chi connectivity index (χ3v) is 4.52. The Labute approximate surface area is 137 Å². The smallest absolute Gasteiger partial charge is 0.270 e. The molecule has 2 N–H and O–H groups in total. The normalized spacial score (nSPS) is 14.5. The van der Waals surface area contributed by atoms with Crippen molar-refractivity contribution in [1.82, 2.24) is 9.88 Å². The van der Waals surface area contributed by atoms with Gasteiger partial charge in [0.15, 0.2) is 0 Å². The van der Waals surface area contributed by atoms with Gasteiger partial charge >= 0.3 is 0 Å². The molecule has 1 amide bonds. The third kappa shape index (κ3) is 3.65. The van der Waals surface area contributed by atoms with Gasteiger partial charge in [0.25, 0.3) is 11.6 Å². The number of anilines is 2. The maximum atomic E-state index is 12.4. The van der Waals surface area contributed by atoms with Gasteiger partial charge in [-0.3, -0.25) is 14.9 Å². The Morgan fingerprint density at radius 3 is 2.57 bits per heavy atom. The van der Waals surface area contributed by atoms with Crippen molar-refractivity contribution >= 4 is 34.7 Å². The van der Waals surface area contributed by atoms with Crippen molar-refractivity contribution in [2.75, 3.05) is 29.9 Å². The molecule has 3 rings (SSSR count). The first-order chi connectivity index (χ1) is 11.1. The first kappa shape index (κ1) is 15.4. The lowest BCUT2D eigenvalue weighted by Crippen LogP contribution is -2.38. The number of nitro groups is 1. The van der Waals surface area contributed by atoms with Gasteiger partial charge in [-0.2, -0.15) is 11.8 Å². The highest BCUT2D eigenvalue weighted by Crippen LogP contribution is 2.21. The SMILES string of the molecule is O=C(c1cc(Nc2ccc([N+](=O)[O-])cc2)c[nH]1)N1CCSCC1. The highest BCUT2D eigenvalue weighted by Gasteiger charge is 2.19. The van der Waals surface area contributed by atoms with E-state index in [1.165, 1.54) is 12.1 Å². The van der Waals surface area contributed by atoms with Crippen molar-refractivity contribution in [3.05, 3.63) is 52.3 Å². The zero-order valence-corrected chi connectivity index (χ0v) is 13.1. The Kier molecular flexibility index (Phi) is 4.52. The van der Waals surface area contributed by atoms with E-state index < -0.39 is 4.92 Å². The number of carbonyl (C=O) groups excluding carboxylic acids is 1. The van der Waals surface area contributed by atoms with Crippen LogP contribution in [-0.4, -0.2) is 45.3 Å². The second kappa shape index (κ2) is 6.74. The number of nitrogens with zero attached hydrogens (tertiary/aromatic N) is 2. The number of thioether (sulfide) groups is 1. The van der Waals surface area contributed by atoms with Crippen molar-refractivity contribution < 1.29 is 9.72 Å². The van der Waals surface area contributed by atoms with Crippen LogP contribution in [0.2, 0.25) is 0 Å². The highest BCUT2D eigenvalue weighted by atomic mass is 32.2. The van der Waals surface area contributed by atoms with Crippen LogP contribution >= 0.6 is 11.8 Å². The second-order valence-electron chi connectivity index (χ2n) is 5.14. The summed E-state index contributed by atoms with van der Waals surface area (Å²) < 4.78 is 0. The number of non-ortho nitro benzene ring substituents is 1. The number of amides is 1. The summed E-state index contributed by atoms with van der Waals surface area (Å²) in [6, 6.07) is 7.90. The van der Waals surface area contributed by atoms with E-state index in [4.69, 9.17) is 0 Å². The quantitative estimate of drug-likeness (QED) is 0.663. The number of nitrogens with one attached hydrogen (secondary N) is 2. The number of nitro benzene ring substituents is 1. The van der Waals surface area contributed by atoms with E-state index in [1.807, 2.05) is 16.7 Å². The van der Waals surface area contributed by atoms with Crippen LogP contribution in [0.3, 0.4) is 0 Å². The molecule has 1 aliphatic rings. The summed E-state index contributed by atoms with van der Waals surface area (Å²) in [7, 11) is 0. The predicted octanol–water partition coefficient (Wildman–Crippen LogP) is 2.86. The molecule has 1 aliphatic heterocycles. The van der Waals surface area contributed by atoms with Gasteiger partial charge in [0, 0.05) is 48.6 Å². The van der Waals surface area contributed by atoms with Crippen LogP contribution in [0.1, 0.15) is 10.5 Å². The molecule has 120 valence electrons. The van der Waals surface area contributed by atoms with E-state index in [9.17, 15) is 14.9 Å². The molecule has 0 spiro atoms. The fourth-order valence-electron chi connectivity index (χ4n) is 2.36. The fraction of sp³-hybridized carbons (Fsp3) is 0.267. The van der Waals surface area contributed by atoms with Crippen LogP contribution in [0.5, 0.6) is 0 Å². The minimum Gasteiger partial charge on any atom is -0.355 e. The molecule has 0 radical (unpaired) electrons. The molecule has 0 bridgehead atoms. The standard InChI is InChI=1S/C15H16N4O3S/c20-15(18-5-7-23-8-6-18)14-9-12(10-16-14)17-11-1-3-13(4-2-11)19(21)22/h1-4,9-10,16-17H,5-8H2. The van der Waals surface area contributed by atoms with E-state index >= 15 is 0 Å². The number of hydrogen-bond acceptors (Lipinski definition) is 5. The lowest BCUT2D eigenvalue weighted by molar-refractivity contribution is -0.384. The maximum Gasteiger partial charge on any atom is 0.270 e. The Morgan fingerprint density at radius 2 is 1.91 bits per heavy atom. The number of rotatable bonds is 4. The van der Waals surface area contributed by atoms with Gasteiger partial charge in [-0.05, 0) is 18.2 Å². The van der Waals surface area contributed by atoms with E-state index in [1.54, 1.807) is 24.4 Å². The summed E-state index contributed by atoms with van der Waals surface area (Å²) >= 11 is 1.86. The summed E-state index contributed by atoms with van der Waals surface area (Å²) in [5.41, 5.74) is 2.06. The lowest BCUT2D eigenvalue weighted by atomic mass is 10.2. The van der Waals surface area contributed by atoms with Crippen LogP contribution < -0.4 is 5.32 Å². The molecule has 1 aromatic carbocycles. The number of aromatic amines is 1. The summed E-state index contributed by atoms with van der Waals surface area (Å²) in [6.45, 7) is 1.54. The Bertz CT molecular complexity index is 708. The van der Waals surface area contributed by atoms with Crippen molar-refractivity contribution in [3.63, 3.8) is 0 Å². The van der Waals surface area contributed by atoms with Crippen molar-refractivity contribution in [2.24, 2.45) is 0 Å². The molecule has 0 saturated carbocycles. The van der Waals surface area contributed by atoms with Gasteiger partial charge in [-0.1, -0.05) is 0 Å². The molecule has 23 heavy (non-hydrogen) atoms. The molecule has 0 atom stereocenters. The van der Waals surface area contributed by atoms with Gasteiger partial charge in [0.1, 0.15) is 5.69 Å². The fourth-order valence-corrected chi connectivity index (χ4v) is 3.26. The topological polar surface area (TPSA) is 91.3 Å². The number of aromatic nitrogens is 1. The number of benzene rings is 1. The van der Waals surface area contributed by atoms with E-state index in [0.717, 1.165) is 36.0 Å². The largest absolute Gasteiger partial charge is 0.355 e. The van der Waals surface area contributed by atoms with Gasteiger partial charge in [0.2, 0.25) is 0 Å².